The summed E-state index contributed by atoms with van der Waals surface area (Å²) in [6.07, 6.45) is 12.3. The molecule has 3 N–H and O–H groups in total. The van der Waals surface area contributed by atoms with E-state index in [-0.39, 0.29) is 48.2 Å². The Kier molecular flexibility index (Phi) is 7.72. The summed E-state index contributed by atoms with van der Waals surface area (Å²) in [4.78, 5) is 56.5. The van der Waals surface area contributed by atoms with Crippen LogP contribution in [0.5, 0.6) is 0 Å². The topological polar surface area (TPSA) is 120 Å². The minimum absolute atomic E-state index is 0.0732. The predicted molar refractivity (Wildman–Crippen MR) is 157 cm³/mol. The van der Waals surface area contributed by atoms with E-state index in [1.807, 2.05) is 42.5 Å². The molecule has 42 heavy (non-hydrogen) atoms. The van der Waals surface area contributed by atoms with E-state index in [4.69, 9.17) is 4.74 Å². The molecule has 4 amide bonds. The van der Waals surface area contributed by atoms with E-state index >= 15 is 0 Å². The fraction of sp³-hybridized carbons (Fsp3) is 0.576. The van der Waals surface area contributed by atoms with Gasteiger partial charge >= 0.3 is 0 Å². The van der Waals surface area contributed by atoms with Crippen LogP contribution in [0.3, 0.4) is 0 Å². The molecule has 3 saturated heterocycles. The fourth-order valence-electron chi connectivity index (χ4n) is 8.11. The summed E-state index contributed by atoms with van der Waals surface area (Å²) in [7, 11) is 0. The number of hydrogen-bond donors (Lipinski definition) is 3. The molecule has 8 atom stereocenters. The van der Waals surface area contributed by atoms with Crippen LogP contribution in [0.4, 0.5) is 0 Å². The number of carbonyl (C=O) groups excluding carboxylic acids is 4. The smallest absolute Gasteiger partial charge is 0.243 e. The van der Waals surface area contributed by atoms with E-state index in [1.165, 1.54) is 0 Å². The molecule has 5 aliphatic rings. The normalized spacial score (nSPS) is 40.2. The van der Waals surface area contributed by atoms with E-state index in [1.54, 1.807) is 4.90 Å². The number of allylic oxidation sites excluding steroid dienone is 2. The van der Waals surface area contributed by atoms with Gasteiger partial charge in [-0.3, -0.25) is 19.2 Å². The van der Waals surface area contributed by atoms with Crippen molar-refractivity contribution >= 4 is 23.6 Å². The Morgan fingerprint density at radius 1 is 0.976 bits per heavy atom. The molecule has 0 bridgehead atoms. The third kappa shape index (κ3) is 4.75. The second-order valence-electron chi connectivity index (χ2n) is 12.7. The standard InChI is InChI=1S/C33H42N4O5/c1-21-27-24(19-22-13-8-7-9-14-22)36-31(41)33(27)23(28-32(21,2)42-28)15-10-5-3-4-6-11-17-34-29(39)25-16-12-18-37(25)26(38)20-35-30(33)40/h6-11,13-15,21,23-25,27-28H,3-5,12,16-20H2,1-2H3,(H,34,39)(H,35,40)(H,36,41)/b11-6+,15-10+/t21-,23?,24-,25-,27?,28-,32+,33-/m0/s1. The summed E-state index contributed by atoms with van der Waals surface area (Å²) in [6.45, 7) is 4.81. The van der Waals surface area contributed by atoms with Crippen LogP contribution in [0.1, 0.15) is 51.5 Å². The number of benzene rings is 1. The Labute approximate surface area is 247 Å². The van der Waals surface area contributed by atoms with Gasteiger partial charge in [0.1, 0.15) is 11.5 Å². The van der Waals surface area contributed by atoms with Gasteiger partial charge in [-0.15, -0.1) is 0 Å². The zero-order valence-corrected chi connectivity index (χ0v) is 24.5. The average molecular weight is 575 g/mol. The van der Waals surface area contributed by atoms with Crippen molar-refractivity contribution in [3.63, 3.8) is 0 Å². The van der Waals surface area contributed by atoms with Crippen LogP contribution in [-0.4, -0.2) is 72.0 Å². The number of amides is 4. The minimum atomic E-state index is -1.41. The van der Waals surface area contributed by atoms with Crippen molar-refractivity contribution in [2.45, 2.75) is 76.2 Å². The molecule has 9 heteroatoms. The zero-order valence-electron chi connectivity index (χ0n) is 24.5. The van der Waals surface area contributed by atoms with E-state index in [2.05, 4.69) is 41.9 Å². The molecule has 4 fully saturated rings. The monoisotopic (exact) mass is 574 g/mol. The quantitative estimate of drug-likeness (QED) is 0.285. The van der Waals surface area contributed by atoms with E-state index in [0.717, 1.165) is 31.2 Å². The Hall–Kier alpha value is -3.46. The van der Waals surface area contributed by atoms with E-state index < -0.39 is 28.9 Å². The summed E-state index contributed by atoms with van der Waals surface area (Å²) in [5, 5.41) is 9.03. The molecule has 1 aliphatic carbocycles. The summed E-state index contributed by atoms with van der Waals surface area (Å²) in [5.74, 6) is -2.09. The van der Waals surface area contributed by atoms with E-state index in [9.17, 15) is 19.2 Å². The summed E-state index contributed by atoms with van der Waals surface area (Å²) in [5.41, 5.74) is -0.759. The van der Waals surface area contributed by atoms with Gasteiger partial charge in [0, 0.05) is 31.0 Å². The van der Waals surface area contributed by atoms with Crippen molar-refractivity contribution in [1.29, 1.82) is 0 Å². The lowest BCUT2D eigenvalue weighted by Crippen LogP contribution is -2.62. The first-order chi connectivity index (χ1) is 20.3. The van der Waals surface area contributed by atoms with Gasteiger partial charge in [-0.05, 0) is 56.9 Å². The Bertz CT molecular complexity index is 1300. The molecule has 1 aromatic carbocycles. The zero-order chi connectivity index (χ0) is 29.5. The maximum absolute atomic E-state index is 14.4. The van der Waals surface area contributed by atoms with Crippen LogP contribution in [0.15, 0.2) is 54.6 Å². The molecule has 1 saturated carbocycles. The highest BCUT2D eigenvalue weighted by Gasteiger charge is 2.78. The van der Waals surface area contributed by atoms with E-state index in [0.29, 0.717) is 25.9 Å². The maximum Gasteiger partial charge on any atom is 0.243 e. The number of nitrogens with one attached hydrogen (secondary N) is 3. The lowest BCUT2D eigenvalue weighted by Gasteiger charge is -2.45. The molecule has 1 aromatic rings. The molecule has 1 spiro atoms. The molecule has 4 aliphatic heterocycles. The molecule has 2 unspecified atom stereocenters. The molecular weight excluding hydrogens is 532 g/mol. The summed E-state index contributed by atoms with van der Waals surface area (Å²) < 4.78 is 6.36. The van der Waals surface area contributed by atoms with Crippen LogP contribution in [-0.2, 0) is 30.3 Å². The van der Waals surface area contributed by atoms with Crippen LogP contribution in [0.2, 0.25) is 0 Å². The highest BCUT2D eigenvalue weighted by atomic mass is 16.6. The highest BCUT2D eigenvalue weighted by Crippen LogP contribution is 2.65. The lowest BCUT2D eigenvalue weighted by atomic mass is 9.52. The molecular formula is C33H42N4O5. The molecule has 224 valence electrons. The van der Waals surface area contributed by atoms with Gasteiger partial charge in [-0.1, -0.05) is 61.6 Å². The number of carbonyl (C=O) groups is 4. The van der Waals surface area contributed by atoms with Crippen LogP contribution in [0, 0.1) is 23.2 Å². The van der Waals surface area contributed by atoms with Crippen molar-refractivity contribution < 1.29 is 23.9 Å². The van der Waals surface area contributed by atoms with Crippen molar-refractivity contribution in [3.8, 4) is 0 Å². The highest BCUT2D eigenvalue weighted by molar-refractivity contribution is 6.09. The van der Waals surface area contributed by atoms with Gasteiger partial charge in [0.05, 0.1) is 18.2 Å². The Morgan fingerprint density at radius 2 is 1.76 bits per heavy atom. The third-order valence-electron chi connectivity index (χ3n) is 10.4. The summed E-state index contributed by atoms with van der Waals surface area (Å²) >= 11 is 0. The fourth-order valence-corrected chi connectivity index (χ4v) is 8.11. The third-order valence-corrected chi connectivity index (χ3v) is 10.4. The van der Waals surface area contributed by atoms with Gasteiger partial charge in [0.2, 0.25) is 23.6 Å². The van der Waals surface area contributed by atoms with Gasteiger partial charge in [0.25, 0.3) is 0 Å². The first-order valence-electron chi connectivity index (χ1n) is 15.5. The number of ether oxygens (including phenoxy) is 1. The van der Waals surface area contributed by atoms with Crippen LogP contribution >= 0.6 is 0 Å². The van der Waals surface area contributed by atoms with Crippen molar-refractivity contribution in [2.24, 2.45) is 23.2 Å². The molecule has 9 nitrogen and oxygen atoms in total. The van der Waals surface area contributed by atoms with Crippen molar-refractivity contribution in [3.05, 3.63) is 60.2 Å². The molecule has 4 heterocycles. The minimum Gasteiger partial charge on any atom is -0.365 e. The van der Waals surface area contributed by atoms with Crippen molar-refractivity contribution in [1.82, 2.24) is 20.9 Å². The SMILES string of the molecule is C[C@H]1C2[C@H](Cc3ccccc3)NC(=O)[C@]23C(=O)NCC(=O)N2CCC[C@H]2C(=O)NC/C=C/CCC/C=C/C3[C@@H]2O[C@]12C. The van der Waals surface area contributed by atoms with Gasteiger partial charge in [0.15, 0.2) is 0 Å². The second kappa shape index (κ2) is 11.3. The van der Waals surface area contributed by atoms with Gasteiger partial charge in [-0.2, -0.15) is 0 Å². The predicted octanol–water partition coefficient (Wildman–Crippen LogP) is 2.27. The number of epoxide rings is 1. The number of rotatable bonds is 2. The largest absolute Gasteiger partial charge is 0.365 e. The lowest BCUT2D eigenvalue weighted by molar-refractivity contribution is -0.151. The number of fused-ring (bicyclic) bond motifs is 3. The van der Waals surface area contributed by atoms with Gasteiger partial charge < -0.3 is 25.6 Å². The maximum atomic E-state index is 14.4. The van der Waals surface area contributed by atoms with Crippen molar-refractivity contribution in [2.75, 3.05) is 19.6 Å². The van der Waals surface area contributed by atoms with Gasteiger partial charge in [-0.25, -0.2) is 0 Å². The second-order valence-corrected chi connectivity index (χ2v) is 12.7. The molecule has 6 rings (SSSR count). The number of nitrogens with zero attached hydrogens (tertiary/aromatic N) is 1. The first kappa shape index (κ1) is 28.6. The first-order valence-corrected chi connectivity index (χ1v) is 15.5. The number of hydrogen-bond acceptors (Lipinski definition) is 5. The summed E-state index contributed by atoms with van der Waals surface area (Å²) in [6, 6.07) is 9.20. The van der Waals surface area contributed by atoms with Crippen LogP contribution in [0.25, 0.3) is 0 Å². The molecule has 0 aromatic heterocycles. The average Bonchev–Trinajstić information content (AvgIpc) is 3.31. The Morgan fingerprint density at radius 3 is 2.57 bits per heavy atom. The Balaban J connectivity index is 1.36. The van der Waals surface area contributed by atoms with Crippen LogP contribution < -0.4 is 16.0 Å². The molecule has 0 radical (unpaired) electrons.